The lowest BCUT2D eigenvalue weighted by Crippen LogP contribution is -2.14. The summed E-state index contributed by atoms with van der Waals surface area (Å²) in [5.74, 6) is 0. The van der Waals surface area contributed by atoms with Crippen molar-refractivity contribution in [3.05, 3.63) is 94.6 Å². The highest BCUT2D eigenvalue weighted by Gasteiger charge is 2.07. The van der Waals surface area contributed by atoms with Gasteiger partial charge in [0.15, 0.2) is 0 Å². The van der Waals surface area contributed by atoms with E-state index in [4.69, 9.17) is 0 Å². The van der Waals surface area contributed by atoms with Crippen LogP contribution in [0.5, 0.6) is 0 Å². The Kier molecular flexibility index (Phi) is 5.82. The Hall–Kier alpha value is -2.91. The van der Waals surface area contributed by atoms with Gasteiger partial charge in [0, 0.05) is 44.3 Å². The van der Waals surface area contributed by atoms with Crippen LogP contribution < -0.4 is 20.7 Å². The van der Waals surface area contributed by atoms with Gasteiger partial charge in [0.25, 0.3) is 0 Å². The van der Waals surface area contributed by atoms with Crippen molar-refractivity contribution < 1.29 is 0 Å². The number of pyridine rings is 1. The Labute approximate surface area is 155 Å². The molecule has 3 nitrogen and oxygen atoms in total. The largest absolute Gasteiger partial charge is 0.378 e. The van der Waals surface area contributed by atoms with Crippen molar-refractivity contribution in [2.24, 2.45) is 0 Å². The Morgan fingerprint density at radius 2 is 1.69 bits per heavy atom. The molecule has 26 heavy (non-hydrogen) atoms. The number of rotatable bonds is 5. The molecular formula is C23H25N3. The lowest BCUT2D eigenvalue weighted by atomic mass is 9.96. The highest BCUT2D eigenvalue weighted by atomic mass is 15.1. The summed E-state index contributed by atoms with van der Waals surface area (Å²) in [6.07, 6.45) is 5.92. The molecule has 3 heteroatoms. The van der Waals surface area contributed by atoms with Gasteiger partial charge in [-0.05, 0) is 46.8 Å². The van der Waals surface area contributed by atoms with Gasteiger partial charge < -0.3 is 10.2 Å². The fourth-order valence-electron chi connectivity index (χ4n) is 2.94. The molecule has 0 bridgehead atoms. The van der Waals surface area contributed by atoms with E-state index >= 15 is 0 Å². The molecule has 3 rings (SSSR count). The first-order chi connectivity index (χ1) is 12.7. The smallest absolute Gasteiger partial charge is 0.0361 e. The third-order valence-corrected chi connectivity index (χ3v) is 4.36. The molecule has 0 aliphatic rings. The minimum absolute atomic E-state index is 0.866. The zero-order valence-corrected chi connectivity index (χ0v) is 15.6. The van der Waals surface area contributed by atoms with Gasteiger partial charge in [-0.25, -0.2) is 0 Å². The topological polar surface area (TPSA) is 28.2 Å². The molecule has 0 aliphatic heterocycles. The molecule has 0 amide bonds. The second-order valence-electron chi connectivity index (χ2n) is 6.44. The Morgan fingerprint density at radius 1 is 0.962 bits per heavy atom. The summed E-state index contributed by atoms with van der Waals surface area (Å²) in [7, 11) is 6.07. The van der Waals surface area contributed by atoms with Crippen molar-refractivity contribution >= 4 is 17.3 Å². The molecule has 0 radical (unpaired) electrons. The second kappa shape index (κ2) is 8.45. The molecule has 0 aliphatic carbocycles. The highest BCUT2D eigenvalue weighted by Crippen LogP contribution is 2.22. The summed E-state index contributed by atoms with van der Waals surface area (Å²) in [6.45, 7) is 0.866. The number of anilines is 1. The third kappa shape index (κ3) is 4.19. The van der Waals surface area contributed by atoms with Crippen LogP contribution in [-0.2, 0) is 0 Å². The number of aromatic nitrogens is 1. The molecule has 0 spiro atoms. The van der Waals surface area contributed by atoms with Crippen LogP contribution in [0.3, 0.4) is 0 Å². The predicted molar refractivity (Wildman–Crippen MR) is 111 cm³/mol. The van der Waals surface area contributed by atoms with E-state index < -0.39 is 0 Å². The fraction of sp³-hybridized carbons (Fsp3) is 0.174. The lowest BCUT2D eigenvalue weighted by Gasteiger charge is -2.14. The van der Waals surface area contributed by atoms with E-state index in [0.717, 1.165) is 12.1 Å². The average molecular weight is 343 g/mol. The number of nitrogens with one attached hydrogen (secondary N) is 1. The van der Waals surface area contributed by atoms with Crippen molar-refractivity contribution in [1.82, 2.24) is 10.3 Å². The predicted octanol–water partition coefficient (Wildman–Crippen LogP) is 2.39. The van der Waals surface area contributed by atoms with E-state index in [2.05, 4.69) is 90.0 Å². The van der Waals surface area contributed by atoms with E-state index in [1.807, 2.05) is 25.5 Å². The molecule has 2 aromatic carbocycles. The van der Waals surface area contributed by atoms with E-state index in [1.165, 1.54) is 27.3 Å². The molecule has 1 heterocycles. The fourth-order valence-corrected chi connectivity index (χ4v) is 2.94. The number of hydrogen-bond donors (Lipinski definition) is 1. The summed E-state index contributed by atoms with van der Waals surface area (Å²) in [5.41, 5.74) is 4.70. The van der Waals surface area contributed by atoms with Gasteiger partial charge in [0.2, 0.25) is 0 Å². The Morgan fingerprint density at radius 3 is 2.27 bits per heavy atom. The number of nitrogens with zero attached hydrogens (tertiary/aromatic N) is 2. The summed E-state index contributed by atoms with van der Waals surface area (Å²) < 4.78 is 0. The number of benzene rings is 2. The van der Waals surface area contributed by atoms with Crippen LogP contribution in [0.25, 0.3) is 11.6 Å². The van der Waals surface area contributed by atoms with Crippen molar-refractivity contribution in [3.8, 4) is 0 Å². The van der Waals surface area contributed by atoms with Gasteiger partial charge in [-0.15, -0.1) is 0 Å². The minimum atomic E-state index is 0.866. The normalized spacial score (nSPS) is 10.4. The maximum atomic E-state index is 4.32. The maximum Gasteiger partial charge on any atom is 0.0361 e. The standard InChI is InChI=1S/C23H25N3/c1-24-16-14-18-6-8-19(9-7-18)23(21-5-4-15-25-17-21)20-10-12-22(13-11-20)26(2)3/h4-15,17,24H,16H2,1-3H3. The Balaban J connectivity index is 2.16. The second-order valence-corrected chi connectivity index (χ2v) is 6.44. The highest BCUT2D eigenvalue weighted by molar-refractivity contribution is 5.79. The van der Waals surface area contributed by atoms with Crippen LogP contribution >= 0.6 is 0 Å². The summed E-state index contributed by atoms with van der Waals surface area (Å²) >= 11 is 0. The van der Waals surface area contributed by atoms with E-state index in [9.17, 15) is 0 Å². The quantitative estimate of drug-likeness (QED) is 0.771. The van der Waals surface area contributed by atoms with Crippen molar-refractivity contribution in [3.63, 3.8) is 0 Å². The van der Waals surface area contributed by atoms with Crippen LogP contribution in [0.2, 0.25) is 0 Å². The SMILES string of the molecule is CNCC=c1ccc(=C(c2ccc(N(C)C)cc2)c2cccnc2)cc1. The van der Waals surface area contributed by atoms with E-state index in [1.54, 1.807) is 0 Å². The van der Waals surface area contributed by atoms with Crippen LogP contribution in [0.15, 0.2) is 73.1 Å². The summed E-state index contributed by atoms with van der Waals surface area (Å²) in [6, 6.07) is 21.5. The zero-order chi connectivity index (χ0) is 18.4. The first kappa shape index (κ1) is 17.9. The minimum Gasteiger partial charge on any atom is -0.378 e. The van der Waals surface area contributed by atoms with Crippen LogP contribution in [0, 0.1) is 0 Å². The van der Waals surface area contributed by atoms with Crippen molar-refractivity contribution in [1.29, 1.82) is 0 Å². The van der Waals surface area contributed by atoms with Crippen LogP contribution in [-0.4, -0.2) is 32.7 Å². The van der Waals surface area contributed by atoms with E-state index in [0.29, 0.717) is 0 Å². The molecular weight excluding hydrogens is 318 g/mol. The van der Waals surface area contributed by atoms with Gasteiger partial charge in [0.05, 0.1) is 0 Å². The van der Waals surface area contributed by atoms with Gasteiger partial charge in [-0.1, -0.05) is 48.5 Å². The molecule has 0 unspecified atom stereocenters. The molecule has 132 valence electrons. The van der Waals surface area contributed by atoms with Gasteiger partial charge in [-0.3, -0.25) is 4.98 Å². The maximum absolute atomic E-state index is 4.32. The van der Waals surface area contributed by atoms with E-state index in [-0.39, 0.29) is 0 Å². The van der Waals surface area contributed by atoms with Gasteiger partial charge >= 0.3 is 0 Å². The lowest BCUT2D eigenvalue weighted by molar-refractivity contribution is 0.945. The van der Waals surface area contributed by atoms with Crippen LogP contribution in [0.1, 0.15) is 11.1 Å². The molecule has 1 aromatic heterocycles. The number of hydrogen-bond acceptors (Lipinski definition) is 3. The van der Waals surface area contributed by atoms with Gasteiger partial charge in [0.1, 0.15) is 0 Å². The molecule has 0 saturated carbocycles. The first-order valence-electron chi connectivity index (χ1n) is 8.82. The monoisotopic (exact) mass is 343 g/mol. The Bertz CT molecular complexity index is 935. The van der Waals surface area contributed by atoms with Gasteiger partial charge in [-0.2, -0.15) is 0 Å². The summed E-state index contributed by atoms with van der Waals surface area (Å²) in [4.78, 5) is 6.43. The zero-order valence-electron chi connectivity index (χ0n) is 15.6. The molecule has 1 N–H and O–H groups in total. The average Bonchev–Trinajstić information content (AvgIpc) is 2.69. The van der Waals surface area contributed by atoms with Crippen molar-refractivity contribution in [2.75, 3.05) is 32.6 Å². The summed E-state index contributed by atoms with van der Waals surface area (Å²) in [5, 5.41) is 5.56. The molecule has 0 atom stereocenters. The first-order valence-corrected chi connectivity index (χ1v) is 8.82. The molecule has 3 aromatic rings. The van der Waals surface area contributed by atoms with Crippen molar-refractivity contribution in [2.45, 2.75) is 0 Å². The molecule has 0 saturated heterocycles. The van der Waals surface area contributed by atoms with Crippen LogP contribution in [0.4, 0.5) is 5.69 Å². The third-order valence-electron chi connectivity index (χ3n) is 4.36. The molecule has 0 fully saturated rings.